The number of allylic oxidation sites excluding steroid dienone is 3. The summed E-state index contributed by atoms with van der Waals surface area (Å²) < 4.78 is 135. The number of fused-ring (bicyclic) bond motifs is 2. The van der Waals surface area contributed by atoms with E-state index in [9.17, 15) is 54.0 Å². The van der Waals surface area contributed by atoms with Crippen molar-refractivity contribution in [1.82, 2.24) is 0 Å². The number of rotatable bonds is 6. The van der Waals surface area contributed by atoms with E-state index >= 15 is 0 Å². The van der Waals surface area contributed by atoms with Gasteiger partial charge in [-0.1, -0.05) is 42.0 Å². The largest absolute Gasteiger partial charge is 0.523 e. The highest BCUT2D eigenvalue weighted by Crippen LogP contribution is 2.43. The molecule has 0 fully saturated rings. The number of hydrogen-bond donors (Lipinski definition) is 1. The average molecular weight is 757 g/mol. The van der Waals surface area contributed by atoms with Crippen molar-refractivity contribution in [3.8, 4) is 12.1 Å². The molecule has 0 heterocycles. The first-order chi connectivity index (χ1) is 23.9. The van der Waals surface area contributed by atoms with E-state index in [1.165, 1.54) is 30.3 Å². The van der Waals surface area contributed by atoms with Crippen molar-refractivity contribution in [3.05, 3.63) is 138 Å². The van der Waals surface area contributed by atoms with E-state index in [-0.39, 0.29) is 49.8 Å². The molecular formula is C34H18F6N4O4S3. The summed E-state index contributed by atoms with van der Waals surface area (Å²) in [5, 5.41) is 18.8. The quantitative estimate of drug-likeness (QED) is 0.0997. The normalized spacial score (nSPS) is 14.6. The molecule has 8 nitrogen and oxygen atoms in total. The van der Waals surface area contributed by atoms with E-state index in [0.717, 1.165) is 12.1 Å². The fourth-order valence-electron chi connectivity index (χ4n) is 6.35. The lowest BCUT2D eigenvalue weighted by atomic mass is 9.94. The maximum absolute atomic E-state index is 14.7. The molecular weight excluding hydrogens is 739 g/mol. The number of halogens is 6. The van der Waals surface area contributed by atoms with Crippen LogP contribution in [-0.2, 0) is 39.5 Å². The van der Waals surface area contributed by atoms with E-state index in [2.05, 4.69) is 9.69 Å². The molecule has 3 aromatic rings. The Morgan fingerprint density at radius 2 is 1.49 bits per heavy atom. The molecule has 0 spiro atoms. The molecule has 1 unspecified atom stereocenters. The maximum Gasteiger partial charge on any atom is 0.523 e. The van der Waals surface area contributed by atoms with Crippen molar-refractivity contribution >= 4 is 43.8 Å². The predicted molar refractivity (Wildman–Crippen MR) is 174 cm³/mol. The first-order valence-electron chi connectivity index (χ1n) is 14.2. The molecule has 0 saturated carbocycles. The number of sulfone groups is 1. The standard InChI is InChI=1S/C34H18F6N4O4S3/c1-17-6-4-7-18(10-17)28-25(32(43-2)44-3)13-23-26(16-50(45)46)29-24(31(30(23)28)51(47,48)34(38,39)40)12-22(20(14-41)15-42)27(29)19-8-5-9-21(11-19)49-33(35,36)37/h4-11H,12-13,16H2,1H3,(H,45,46). The van der Waals surface area contributed by atoms with Crippen LogP contribution in [0.5, 0.6) is 0 Å². The predicted octanol–water partition coefficient (Wildman–Crippen LogP) is 6.53. The highest BCUT2D eigenvalue weighted by Gasteiger charge is 2.51. The molecule has 1 atom stereocenters. The highest BCUT2D eigenvalue weighted by atomic mass is 32.2. The molecule has 0 radical (unpaired) electrons. The molecule has 0 aromatic heterocycles. The Hall–Kier alpha value is -5.17. The van der Waals surface area contributed by atoms with E-state index in [1.807, 2.05) is 0 Å². The summed E-state index contributed by atoms with van der Waals surface area (Å²) in [5.74, 6) is -1.45. The zero-order valence-electron chi connectivity index (χ0n) is 25.7. The molecule has 0 aliphatic heterocycles. The van der Waals surface area contributed by atoms with Crippen LogP contribution in [0.4, 0.5) is 26.3 Å². The van der Waals surface area contributed by atoms with Crippen molar-refractivity contribution in [2.45, 2.75) is 46.3 Å². The molecule has 5 rings (SSSR count). The zero-order chi connectivity index (χ0) is 37.6. The van der Waals surface area contributed by atoms with Gasteiger partial charge in [0, 0.05) is 16.5 Å². The maximum atomic E-state index is 14.7. The Morgan fingerprint density at radius 3 is 2.02 bits per heavy atom. The lowest BCUT2D eigenvalue weighted by Crippen LogP contribution is -2.36. The fraction of sp³-hybridized carbons (Fsp3) is 0.176. The van der Waals surface area contributed by atoms with Crippen LogP contribution < -0.4 is 10.4 Å². The van der Waals surface area contributed by atoms with Crippen LogP contribution in [0.2, 0.25) is 0 Å². The molecule has 1 N–H and O–H groups in total. The zero-order valence-corrected chi connectivity index (χ0v) is 28.1. The smallest absolute Gasteiger partial charge is 0.306 e. The van der Waals surface area contributed by atoms with Gasteiger partial charge < -0.3 is 4.55 Å². The minimum absolute atomic E-state index is 0.132. The van der Waals surface area contributed by atoms with Gasteiger partial charge in [0.25, 0.3) is 9.84 Å². The van der Waals surface area contributed by atoms with Crippen LogP contribution in [0.15, 0.2) is 80.9 Å². The Bertz CT molecular complexity index is 2530. The fourth-order valence-corrected chi connectivity index (χ4v) is 8.74. The molecule has 17 heteroatoms. The van der Waals surface area contributed by atoms with Crippen molar-refractivity contribution < 1.29 is 43.5 Å². The van der Waals surface area contributed by atoms with Gasteiger partial charge in [-0.05, 0) is 87.0 Å². The number of hydrogen-bond acceptors (Lipinski definition) is 6. The van der Waals surface area contributed by atoms with E-state index < -0.39 is 94.3 Å². The topological polar surface area (TPSA) is 128 Å². The Labute approximate surface area is 293 Å². The lowest BCUT2D eigenvalue weighted by Gasteiger charge is -2.17. The van der Waals surface area contributed by atoms with E-state index in [4.69, 9.17) is 13.1 Å². The van der Waals surface area contributed by atoms with Gasteiger partial charge in [0.15, 0.2) is 11.1 Å². The van der Waals surface area contributed by atoms with Gasteiger partial charge in [-0.3, -0.25) is 0 Å². The number of nitriles is 2. The minimum Gasteiger partial charge on any atom is -0.306 e. The van der Waals surface area contributed by atoms with Gasteiger partial charge in [0.1, 0.15) is 30.9 Å². The van der Waals surface area contributed by atoms with Gasteiger partial charge in [-0.25, -0.2) is 12.6 Å². The third-order valence-electron chi connectivity index (χ3n) is 8.09. The van der Waals surface area contributed by atoms with Gasteiger partial charge in [0.2, 0.25) is 0 Å². The molecule has 258 valence electrons. The van der Waals surface area contributed by atoms with E-state index in [0.29, 0.717) is 5.56 Å². The van der Waals surface area contributed by atoms with Gasteiger partial charge in [0.05, 0.1) is 16.2 Å². The summed E-state index contributed by atoms with van der Waals surface area (Å²) in [7, 11) is -6.38. The molecule has 2 aliphatic carbocycles. The summed E-state index contributed by atoms with van der Waals surface area (Å²) in [6.45, 7) is 16.9. The van der Waals surface area contributed by atoms with Crippen LogP contribution in [0.25, 0.3) is 20.8 Å². The second-order valence-electron chi connectivity index (χ2n) is 11.1. The molecule has 3 aromatic carbocycles. The summed E-state index contributed by atoms with van der Waals surface area (Å²) in [5.41, 5.74) is -12.9. The SMILES string of the molecule is [C-]#[N+]C([N+]#[C-])=C1Cc2c(CS(=O)O)c3c(c(S(=O)(=O)C(F)(F)F)c2=C1c1cccc(C)c1)CC(=C(C#N)C#N)C=3c1cccc(SC(F)(F)F)c1. The lowest BCUT2D eigenvalue weighted by molar-refractivity contribution is -0.0437. The molecule has 0 amide bonds. The minimum atomic E-state index is -6.38. The third-order valence-corrected chi connectivity index (χ3v) is 10.9. The van der Waals surface area contributed by atoms with Crippen molar-refractivity contribution in [2.75, 3.05) is 0 Å². The van der Waals surface area contributed by atoms with Crippen LogP contribution in [0.3, 0.4) is 0 Å². The number of thioether (sulfide) groups is 1. The molecule has 2 aliphatic rings. The van der Waals surface area contributed by atoms with Gasteiger partial charge in [-0.15, -0.1) is 0 Å². The summed E-state index contributed by atoms with van der Waals surface area (Å²) in [4.78, 5) is 4.75. The third kappa shape index (κ3) is 6.69. The van der Waals surface area contributed by atoms with Crippen LogP contribution in [0.1, 0.15) is 33.4 Å². The van der Waals surface area contributed by atoms with Gasteiger partial charge in [-0.2, -0.15) is 46.6 Å². The number of nitrogens with zero attached hydrogens (tertiary/aromatic N) is 4. The Morgan fingerprint density at radius 1 is 0.922 bits per heavy atom. The van der Waals surface area contributed by atoms with Crippen LogP contribution >= 0.6 is 11.8 Å². The molecule has 0 saturated heterocycles. The summed E-state index contributed by atoms with van der Waals surface area (Å²) >= 11 is -3.31. The molecule has 51 heavy (non-hydrogen) atoms. The van der Waals surface area contributed by atoms with Crippen molar-refractivity contribution in [2.24, 2.45) is 0 Å². The van der Waals surface area contributed by atoms with Crippen molar-refractivity contribution in [3.63, 3.8) is 0 Å². The summed E-state index contributed by atoms with van der Waals surface area (Å²) in [6.07, 6.45) is -1.36. The first-order valence-corrected chi connectivity index (χ1v) is 17.7. The average Bonchev–Trinajstić information content (AvgIpc) is 3.61. The summed E-state index contributed by atoms with van der Waals surface area (Å²) in [6, 6.07) is 13.8. The van der Waals surface area contributed by atoms with Gasteiger partial charge >= 0.3 is 16.8 Å². The van der Waals surface area contributed by atoms with Crippen molar-refractivity contribution in [1.29, 1.82) is 10.5 Å². The first kappa shape index (κ1) is 37.1. The van der Waals surface area contributed by atoms with E-state index in [1.54, 1.807) is 25.1 Å². The Kier molecular flexibility index (Phi) is 9.83. The highest BCUT2D eigenvalue weighted by molar-refractivity contribution is 8.00. The number of benzene rings is 3. The second-order valence-corrected chi connectivity index (χ2v) is 15.0. The Balaban J connectivity index is 2.20. The van der Waals surface area contributed by atoms with Crippen LogP contribution in [0, 0.1) is 42.7 Å². The number of aryl methyl sites for hydroxylation is 1. The second kappa shape index (κ2) is 13.5. The molecule has 0 bridgehead atoms. The monoisotopic (exact) mass is 756 g/mol. The van der Waals surface area contributed by atoms with Crippen LogP contribution in [-0.4, -0.2) is 28.2 Å². The number of alkyl halides is 6.